The summed E-state index contributed by atoms with van der Waals surface area (Å²) < 4.78 is 6.85. The van der Waals surface area contributed by atoms with E-state index in [0.717, 1.165) is 46.0 Å². The van der Waals surface area contributed by atoms with Gasteiger partial charge in [-0.25, -0.2) is 9.97 Å². The summed E-state index contributed by atoms with van der Waals surface area (Å²) in [5.74, 6) is 2.46. The lowest BCUT2D eigenvalue weighted by molar-refractivity contribution is 0.295. The summed E-state index contributed by atoms with van der Waals surface area (Å²) in [5.41, 5.74) is 1.09. The smallest absolute Gasteiger partial charge is 0.168 e. The molecule has 0 fully saturated rings. The average molecular weight is 397 g/mol. The molecule has 0 aliphatic heterocycles. The molecule has 1 heterocycles. The normalized spacial score (nSPS) is 10.4. The molecule has 0 radical (unpaired) electrons. The van der Waals surface area contributed by atoms with Gasteiger partial charge >= 0.3 is 0 Å². The van der Waals surface area contributed by atoms with Gasteiger partial charge in [-0.15, -0.1) is 0 Å². The molecule has 2 rings (SSSR count). The molecule has 4 nitrogen and oxygen atoms in total. The predicted molar refractivity (Wildman–Crippen MR) is 93.7 cm³/mol. The molecule has 2 aromatic rings. The summed E-state index contributed by atoms with van der Waals surface area (Å²) in [6.07, 6.45) is 2.02. The topological polar surface area (TPSA) is 47.0 Å². The summed E-state index contributed by atoms with van der Waals surface area (Å²) in [5, 5.41) is 3.30. The van der Waals surface area contributed by atoms with E-state index in [1.807, 2.05) is 30.3 Å². The summed E-state index contributed by atoms with van der Waals surface area (Å²) in [7, 11) is 0. The van der Waals surface area contributed by atoms with Gasteiger partial charge in [-0.05, 0) is 48.1 Å². The second kappa shape index (κ2) is 8.17. The first-order valence-electron chi connectivity index (χ1n) is 7.21. The summed E-state index contributed by atoms with van der Waals surface area (Å²) in [6.45, 7) is 5.46. The standard InChI is InChI=1S/C16H20IN3O/c1-3-8-13-15(17)16(18-4-2)20-14(19-13)11-21-12-9-6-5-7-10-12/h5-7,9-10H,3-4,8,11H2,1-2H3,(H,18,19,20). The molecule has 0 unspecified atom stereocenters. The van der Waals surface area contributed by atoms with Crippen molar-refractivity contribution in [3.05, 3.63) is 45.4 Å². The van der Waals surface area contributed by atoms with Crippen molar-refractivity contribution in [2.45, 2.75) is 33.3 Å². The highest BCUT2D eigenvalue weighted by Crippen LogP contribution is 2.21. The van der Waals surface area contributed by atoms with Crippen LogP contribution in [-0.4, -0.2) is 16.5 Å². The number of nitrogens with zero attached hydrogens (tertiary/aromatic N) is 2. The fraction of sp³-hybridized carbons (Fsp3) is 0.375. The zero-order chi connectivity index (χ0) is 15.1. The van der Waals surface area contributed by atoms with E-state index in [9.17, 15) is 0 Å². The minimum Gasteiger partial charge on any atom is -0.486 e. The highest BCUT2D eigenvalue weighted by Gasteiger charge is 2.11. The maximum absolute atomic E-state index is 5.74. The van der Waals surface area contributed by atoms with Gasteiger partial charge in [-0.1, -0.05) is 31.5 Å². The van der Waals surface area contributed by atoms with Crippen molar-refractivity contribution in [3.63, 3.8) is 0 Å². The monoisotopic (exact) mass is 397 g/mol. The summed E-state index contributed by atoms with van der Waals surface area (Å²) in [6, 6.07) is 9.75. The minimum absolute atomic E-state index is 0.385. The van der Waals surface area contributed by atoms with Crippen LogP contribution in [0.2, 0.25) is 0 Å². The fourth-order valence-electron chi connectivity index (χ4n) is 1.96. The largest absolute Gasteiger partial charge is 0.486 e. The van der Waals surface area contributed by atoms with Crippen LogP contribution in [0.15, 0.2) is 30.3 Å². The fourth-order valence-corrected chi connectivity index (χ4v) is 2.66. The van der Waals surface area contributed by atoms with E-state index in [0.29, 0.717) is 6.61 Å². The molecule has 1 N–H and O–H groups in total. The Balaban J connectivity index is 2.18. The molecule has 1 aromatic heterocycles. The van der Waals surface area contributed by atoms with Gasteiger partial charge in [0.15, 0.2) is 5.82 Å². The molecule has 0 aliphatic carbocycles. The molecule has 0 atom stereocenters. The number of aromatic nitrogens is 2. The maximum Gasteiger partial charge on any atom is 0.168 e. The van der Waals surface area contributed by atoms with E-state index in [4.69, 9.17) is 4.74 Å². The van der Waals surface area contributed by atoms with Gasteiger partial charge in [0.25, 0.3) is 0 Å². The van der Waals surface area contributed by atoms with Gasteiger partial charge in [-0.3, -0.25) is 0 Å². The van der Waals surface area contributed by atoms with E-state index in [1.165, 1.54) is 0 Å². The van der Waals surface area contributed by atoms with Crippen LogP contribution in [0.3, 0.4) is 0 Å². The van der Waals surface area contributed by atoms with Gasteiger partial charge in [-0.2, -0.15) is 0 Å². The van der Waals surface area contributed by atoms with Crippen molar-refractivity contribution in [2.24, 2.45) is 0 Å². The number of nitrogens with one attached hydrogen (secondary N) is 1. The zero-order valence-corrected chi connectivity index (χ0v) is 14.6. The first-order chi connectivity index (χ1) is 10.2. The van der Waals surface area contributed by atoms with Crippen molar-refractivity contribution in [2.75, 3.05) is 11.9 Å². The van der Waals surface area contributed by atoms with Crippen molar-refractivity contribution >= 4 is 28.4 Å². The van der Waals surface area contributed by atoms with E-state index in [-0.39, 0.29) is 0 Å². The maximum atomic E-state index is 5.74. The van der Waals surface area contributed by atoms with Crippen LogP contribution in [0.25, 0.3) is 0 Å². The van der Waals surface area contributed by atoms with Gasteiger partial charge in [0.05, 0.1) is 9.26 Å². The number of aryl methyl sites for hydroxylation is 1. The van der Waals surface area contributed by atoms with Crippen LogP contribution < -0.4 is 10.1 Å². The Labute approximate surface area is 139 Å². The Morgan fingerprint density at radius 1 is 1.14 bits per heavy atom. The molecule has 0 spiro atoms. The Morgan fingerprint density at radius 3 is 2.57 bits per heavy atom. The van der Waals surface area contributed by atoms with Crippen LogP contribution in [0.1, 0.15) is 31.8 Å². The number of rotatable bonds is 7. The number of halogens is 1. The third-order valence-corrected chi connectivity index (χ3v) is 4.04. The van der Waals surface area contributed by atoms with E-state index in [1.54, 1.807) is 0 Å². The molecular weight excluding hydrogens is 377 g/mol. The van der Waals surface area contributed by atoms with Gasteiger partial charge in [0, 0.05) is 6.54 Å². The van der Waals surface area contributed by atoms with E-state index >= 15 is 0 Å². The van der Waals surface area contributed by atoms with Crippen molar-refractivity contribution < 1.29 is 4.74 Å². The van der Waals surface area contributed by atoms with Crippen LogP contribution in [0, 0.1) is 3.57 Å². The van der Waals surface area contributed by atoms with Crippen LogP contribution in [-0.2, 0) is 13.0 Å². The zero-order valence-electron chi connectivity index (χ0n) is 12.4. The molecule has 0 aliphatic rings. The van der Waals surface area contributed by atoms with E-state index in [2.05, 4.69) is 51.7 Å². The molecule has 0 bridgehead atoms. The van der Waals surface area contributed by atoms with Crippen LogP contribution in [0.5, 0.6) is 5.75 Å². The molecule has 5 heteroatoms. The number of ether oxygens (including phenoxy) is 1. The molecule has 1 aromatic carbocycles. The number of benzene rings is 1. The number of anilines is 1. The highest BCUT2D eigenvalue weighted by atomic mass is 127. The predicted octanol–water partition coefficient (Wildman–Crippen LogP) is 4.04. The first-order valence-corrected chi connectivity index (χ1v) is 8.29. The summed E-state index contributed by atoms with van der Waals surface area (Å²) >= 11 is 2.32. The molecule has 0 saturated carbocycles. The van der Waals surface area contributed by atoms with Crippen molar-refractivity contribution in [1.82, 2.24) is 9.97 Å². The minimum atomic E-state index is 0.385. The highest BCUT2D eigenvalue weighted by molar-refractivity contribution is 14.1. The Kier molecular flexibility index (Phi) is 6.22. The second-order valence-corrected chi connectivity index (χ2v) is 5.71. The van der Waals surface area contributed by atoms with Gasteiger partial charge in [0.2, 0.25) is 0 Å². The van der Waals surface area contributed by atoms with Gasteiger partial charge < -0.3 is 10.1 Å². The SMILES string of the molecule is CCCc1nc(COc2ccccc2)nc(NCC)c1I. The Bertz CT molecular complexity index is 548. The molecule has 21 heavy (non-hydrogen) atoms. The van der Waals surface area contributed by atoms with Crippen molar-refractivity contribution in [3.8, 4) is 5.75 Å². The summed E-state index contributed by atoms with van der Waals surface area (Å²) in [4.78, 5) is 9.20. The second-order valence-electron chi connectivity index (χ2n) is 4.63. The average Bonchev–Trinajstić information content (AvgIpc) is 2.51. The quantitative estimate of drug-likeness (QED) is 0.717. The lowest BCUT2D eigenvalue weighted by atomic mass is 10.2. The first kappa shape index (κ1) is 16.0. The lowest BCUT2D eigenvalue weighted by Crippen LogP contribution is -2.11. The number of para-hydroxylation sites is 1. The Morgan fingerprint density at radius 2 is 1.90 bits per heavy atom. The number of hydrogen-bond donors (Lipinski definition) is 1. The molecule has 112 valence electrons. The van der Waals surface area contributed by atoms with E-state index < -0.39 is 0 Å². The van der Waals surface area contributed by atoms with Crippen LogP contribution in [0.4, 0.5) is 5.82 Å². The van der Waals surface area contributed by atoms with Crippen molar-refractivity contribution in [1.29, 1.82) is 0 Å². The molecule has 0 amide bonds. The van der Waals surface area contributed by atoms with Crippen LogP contribution >= 0.6 is 22.6 Å². The van der Waals surface area contributed by atoms with Gasteiger partial charge in [0.1, 0.15) is 18.2 Å². The molecular formula is C16H20IN3O. The molecule has 0 saturated heterocycles. The third kappa shape index (κ3) is 4.56. The number of hydrogen-bond acceptors (Lipinski definition) is 4. The lowest BCUT2D eigenvalue weighted by Gasteiger charge is -2.12. The Hall–Kier alpha value is -1.37. The third-order valence-electron chi connectivity index (χ3n) is 2.91.